The van der Waals surface area contributed by atoms with Crippen LogP contribution < -0.4 is 16.0 Å². The summed E-state index contributed by atoms with van der Waals surface area (Å²) in [7, 11) is 1.78. The van der Waals surface area contributed by atoms with Crippen molar-refractivity contribution in [2.75, 3.05) is 39.8 Å². The average molecular weight is 467 g/mol. The highest BCUT2D eigenvalue weighted by atomic mass is 127. The monoisotopic (exact) mass is 467 g/mol. The van der Waals surface area contributed by atoms with Gasteiger partial charge in [-0.15, -0.1) is 24.0 Å². The number of amides is 1. The fourth-order valence-corrected chi connectivity index (χ4v) is 3.34. The van der Waals surface area contributed by atoms with Crippen LogP contribution in [0.4, 0.5) is 4.79 Å². The fraction of sp³-hybridized carbons (Fsp3) is 0.882. The molecular formula is C17H34IN5O2. The Morgan fingerprint density at radius 3 is 2.64 bits per heavy atom. The second kappa shape index (κ2) is 11.8. The summed E-state index contributed by atoms with van der Waals surface area (Å²) in [6.07, 6.45) is 4.52. The maximum absolute atomic E-state index is 11.7. The van der Waals surface area contributed by atoms with Gasteiger partial charge in [0.2, 0.25) is 0 Å². The Labute approximate surface area is 168 Å². The van der Waals surface area contributed by atoms with Crippen LogP contribution in [0.2, 0.25) is 0 Å². The van der Waals surface area contributed by atoms with E-state index in [4.69, 9.17) is 4.74 Å². The number of carbonyl (C=O) groups excluding carboxylic acids is 1. The molecule has 25 heavy (non-hydrogen) atoms. The number of carbonyl (C=O) groups is 1. The Hall–Kier alpha value is -0.770. The highest BCUT2D eigenvalue weighted by Gasteiger charge is 2.32. The second-order valence-corrected chi connectivity index (χ2v) is 6.57. The molecule has 8 heteroatoms. The SMILES string of the molecule is CCOC(=O)NC(CNC(=NC)NCC1CCCN1CC)C1CC1.I. The van der Waals surface area contributed by atoms with Crippen molar-refractivity contribution >= 4 is 36.0 Å². The molecule has 0 spiro atoms. The van der Waals surface area contributed by atoms with Crippen molar-refractivity contribution in [2.45, 2.75) is 51.6 Å². The molecule has 1 aliphatic carbocycles. The zero-order chi connectivity index (χ0) is 17.4. The van der Waals surface area contributed by atoms with Crippen LogP contribution in [0.15, 0.2) is 4.99 Å². The molecular weight excluding hydrogens is 433 g/mol. The first-order valence-corrected chi connectivity index (χ1v) is 9.29. The van der Waals surface area contributed by atoms with Crippen LogP contribution in [0.1, 0.15) is 39.5 Å². The van der Waals surface area contributed by atoms with Crippen LogP contribution in [0.5, 0.6) is 0 Å². The molecule has 0 bridgehead atoms. The van der Waals surface area contributed by atoms with Gasteiger partial charge in [0.05, 0.1) is 12.6 Å². The molecule has 0 aromatic heterocycles. The molecule has 2 aliphatic rings. The van der Waals surface area contributed by atoms with Gasteiger partial charge in [-0.2, -0.15) is 0 Å². The highest BCUT2D eigenvalue weighted by Crippen LogP contribution is 2.32. The fourth-order valence-electron chi connectivity index (χ4n) is 3.34. The molecule has 0 aromatic carbocycles. The van der Waals surface area contributed by atoms with Gasteiger partial charge in [-0.05, 0) is 51.6 Å². The molecule has 0 radical (unpaired) electrons. The van der Waals surface area contributed by atoms with Gasteiger partial charge in [-0.3, -0.25) is 9.89 Å². The van der Waals surface area contributed by atoms with Crippen molar-refractivity contribution in [1.82, 2.24) is 20.9 Å². The van der Waals surface area contributed by atoms with Crippen molar-refractivity contribution in [1.29, 1.82) is 0 Å². The van der Waals surface area contributed by atoms with Crippen LogP contribution in [0.25, 0.3) is 0 Å². The van der Waals surface area contributed by atoms with E-state index < -0.39 is 0 Å². The third-order valence-electron chi connectivity index (χ3n) is 4.89. The topological polar surface area (TPSA) is 78.0 Å². The maximum Gasteiger partial charge on any atom is 0.407 e. The van der Waals surface area contributed by atoms with Gasteiger partial charge < -0.3 is 20.7 Å². The molecule has 2 fully saturated rings. The lowest BCUT2D eigenvalue weighted by Crippen LogP contribution is -2.50. The number of guanidine groups is 1. The Balaban J connectivity index is 0.00000312. The molecule has 1 saturated heterocycles. The first-order valence-electron chi connectivity index (χ1n) is 9.29. The minimum absolute atomic E-state index is 0. The van der Waals surface area contributed by atoms with Crippen molar-refractivity contribution < 1.29 is 9.53 Å². The Morgan fingerprint density at radius 1 is 1.28 bits per heavy atom. The number of aliphatic imine (C=N–C) groups is 1. The molecule has 0 aromatic rings. The molecule has 1 heterocycles. The normalized spacial score (nSPS) is 22.0. The lowest BCUT2D eigenvalue weighted by Gasteiger charge is -2.25. The van der Waals surface area contributed by atoms with Crippen molar-refractivity contribution in [2.24, 2.45) is 10.9 Å². The van der Waals surface area contributed by atoms with Crippen LogP contribution >= 0.6 is 24.0 Å². The van der Waals surface area contributed by atoms with Gasteiger partial charge in [-0.25, -0.2) is 4.79 Å². The molecule has 2 rings (SSSR count). The third kappa shape index (κ3) is 7.55. The molecule has 1 amide bonds. The number of nitrogens with one attached hydrogen (secondary N) is 3. The third-order valence-corrected chi connectivity index (χ3v) is 4.89. The minimum Gasteiger partial charge on any atom is -0.450 e. The number of ether oxygens (including phenoxy) is 1. The first-order chi connectivity index (χ1) is 11.7. The molecule has 1 saturated carbocycles. The zero-order valence-corrected chi connectivity index (χ0v) is 18.0. The number of rotatable bonds is 8. The van der Waals surface area contributed by atoms with E-state index in [1.807, 2.05) is 6.92 Å². The summed E-state index contributed by atoms with van der Waals surface area (Å²) in [6.45, 7) is 8.31. The highest BCUT2D eigenvalue weighted by molar-refractivity contribution is 14.0. The van der Waals surface area contributed by atoms with E-state index in [0.29, 0.717) is 25.1 Å². The zero-order valence-electron chi connectivity index (χ0n) is 15.7. The molecule has 7 nitrogen and oxygen atoms in total. The maximum atomic E-state index is 11.7. The quantitative estimate of drug-likeness (QED) is 0.288. The summed E-state index contributed by atoms with van der Waals surface area (Å²) in [5, 5.41) is 9.73. The number of likely N-dealkylation sites (N-methyl/N-ethyl adjacent to an activating group) is 1. The van der Waals surface area contributed by atoms with E-state index in [0.717, 1.165) is 31.9 Å². The van der Waals surface area contributed by atoms with Crippen LogP contribution in [-0.2, 0) is 4.74 Å². The number of nitrogens with zero attached hydrogens (tertiary/aromatic N) is 2. The predicted octanol–water partition coefficient (Wildman–Crippen LogP) is 1.78. The molecule has 146 valence electrons. The lowest BCUT2D eigenvalue weighted by molar-refractivity contribution is 0.146. The summed E-state index contributed by atoms with van der Waals surface area (Å²) >= 11 is 0. The predicted molar refractivity (Wildman–Crippen MR) is 112 cm³/mol. The smallest absolute Gasteiger partial charge is 0.407 e. The standard InChI is InChI=1S/C17H33N5O2.HI/c1-4-22-10-6-7-14(22)11-19-16(18-3)20-12-15(13-8-9-13)21-17(23)24-5-2;/h13-15H,4-12H2,1-3H3,(H,21,23)(H2,18,19,20);1H. The number of halogens is 1. The van der Waals surface area contributed by atoms with E-state index in [1.54, 1.807) is 7.05 Å². The molecule has 3 N–H and O–H groups in total. The van der Waals surface area contributed by atoms with E-state index in [9.17, 15) is 4.79 Å². The summed E-state index contributed by atoms with van der Waals surface area (Å²) in [6, 6.07) is 0.687. The number of hydrogen-bond donors (Lipinski definition) is 3. The van der Waals surface area contributed by atoms with Gasteiger partial charge in [0.15, 0.2) is 5.96 Å². The molecule has 2 atom stereocenters. The van der Waals surface area contributed by atoms with Crippen LogP contribution in [0, 0.1) is 5.92 Å². The van der Waals surface area contributed by atoms with E-state index in [-0.39, 0.29) is 36.1 Å². The number of alkyl carbamates (subject to hydrolysis) is 1. The second-order valence-electron chi connectivity index (χ2n) is 6.57. The summed E-state index contributed by atoms with van der Waals surface area (Å²) < 4.78 is 4.99. The van der Waals surface area contributed by atoms with Crippen molar-refractivity contribution in [3.8, 4) is 0 Å². The summed E-state index contributed by atoms with van der Waals surface area (Å²) in [5.41, 5.74) is 0. The number of hydrogen-bond acceptors (Lipinski definition) is 4. The van der Waals surface area contributed by atoms with Gasteiger partial charge in [0.25, 0.3) is 0 Å². The van der Waals surface area contributed by atoms with Crippen molar-refractivity contribution in [3.05, 3.63) is 0 Å². The molecule has 1 aliphatic heterocycles. The van der Waals surface area contributed by atoms with E-state index in [2.05, 4.69) is 32.8 Å². The Bertz CT molecular complexity index is 431. The molecule has 2 unspecified atom stereocenters. The van der Waals surface area contributed by atoms with Crippen molar-refractivity contribution in [3.63, 3.8) is 0 Å². The van der Waals surface area contributed by atoms with Gasteiger partial charge in [0.1, 0.15) is 0 Å². The Kier molecular flexibility index (Phi) is 10.5. The van der Waals surface area contributed by atoms with Gasteiger partial charge in [-0.1, -0.05) is 6.92 Å². The van der Waals surface area contributed by atoms with Crippen LogP contribution in [0.3, 0.4) is 0 Å². The minimum atomic E-state index is -0.330. The van der Waals surface area contributed by atoms with Gasteiger partial charge >= 0.3 is 6.09 Å². The average Bonchev–Trinajstić information content (AvgIpc) is 3.32. The summed E-state index contributed by atoms with van der Waals surface area (Å²) in [5.74, 6) is 1.35. The lowest BCUT2D eigenvalue weighted by atomic mass is 10.2. The first kappa shape index (κ1) is 22.3. The largest absolute Gasteiger partial charge is 0.450 e. The Morgan fingerprint density at radius 2 is 2.04 bits per heavy atom. The van der Waals surface area contributed by atoms with E-state index in [1.165, 1.54) is 19.4 Å². The van der Waals surface area contributed by atoms with E-state index >= 15 is 0 Å². The van der Waals surface area contributed by atoms with Crippen LogP contribution in [-0.4, -0.2) is 68.9 Å². The van der Waals surface area contributed by atoms with Gasteiger partial charge in [0, 0.05) is 26.2 Å². The number of likely N-dealkylation sites (tertiary alicyclic amines) is 1. The summed E-state index contributed by atoms with van der Waals surface area (Å²) in [4.78, 5) is 18.5.